The Morgan fingerprint density at radius 3 is 2.95 bits per heavy atom. The van der Waals surface area contributed by atoms with Crippen molar-refractivity contribution >= 4 is 23.5 Å². The summed E-state index contributed by atoms with van der Waals surface area (Å²) in [6.45, 7) is 2.34. The van der Waals surface area contributed by atoms with E-state index >= 15 is 0 Å². The van der Waals surface area contributed by atoms with Gasteiger partial charge in [-0.15, -0.1) is 0 Å². The molecule has 108 valence electrons. The first-order valence-corrected chi connectivity index (χ1v) is 6.96. The van der Waals surface area contributed by atoms with Gasteiger partial charge in [0.25, 0.3) is 0 Å². The number of benzene rings is 1. The van der Waals surface area contributed by atoms with Crippen LogP contribution in [0.1, 0.15) is 5.56 Å². The number of ether oxygens (including phenoxy) is 1. The normalized spacial score (nSPS) is 13.1. The molecule has 3 rings (SSSR count). The lowest BCUT2D eigenvalue weighted by Gasteiger charge is -2.26. The van der Waals surface area contributed by atoms with Crippen LogP contribution < -0.4 is 10.2 Å². The van der Waals surface area contributed by atoms with Crippen LogP contribution in [0.2, 0.25) is 0 Å². The molecule has 0 saturated carbocycles. The summed E-state index contributed by atoms with van der Waals surface area (Å²) < 4.78 is 5.16. The molecule has 0 radical (unpaired) electrons. The van der Waals surface area contributed by atoms with Crippen LogP contribution in [-0.2, 0) is 4.74 Å². The van der Waals surface area contributed by atoms with Gasteiger partial charge >= 0.3 is 0 Å². The summed E-state index contributed by atoms with van der Waals surface area (Å²) in [6.07, 6.45) is 6.03. The summed E-state index contributed by atoms with van der Waals surface area (Å²) in [7, 11) is 1.71. The molecular weight excluding hydrogens is 264 g/mol. The second-order valence-electron chi connectivity index (χ2n) is 4.80. The van der Waals surface area contributed by atoms with Gasteiger partial charge in [0.15, 0.2) is 0 Å². The lowest BCUT2D eigenvalue weighted by molar-refractivity contribution is 0.205. The lowest BCUT2D eigenvalue weighted by Crippen LogP contribution is -2.30. The average Bonchev–Trinajstić information content (AvgIpc) is 2.54. The number of anilines is 3. The molecule has 1 aromatic heterocycles. The zero-order chi connectivity index (χ0) is 14.5. The highest BCUT2D eigenvalue weighted by Gasteiger charge is 2.15. The van der Waals surface area contributed by atoms with Gasteiger partial charge < -0.3 is 15.0 Å². The Labute approximate surface area is 124 Å². The first-order valence-electron chi connectivity index (χ1n) is 6.96. The maximum absolute atomic E-state index is 5.16. The fourth-order valence-electron chi connectivity index (χ4n) is 2.26. The summed E-state index contributed by atoms with van der Waals surface area (Å²) in [5.74, 6) is 1.56. The van der Waals surface area contributed by atoms with Crippen molar-refractivity contribution in [2.24, 2.45) is 0 Å². The van der Waals surface area contributed by atoms with Crippen LogP contribution >= 0.6 is 0 Å². The Morgan fingerprint density at radius 2 is 2.14 bits per heavy atom. The van der Waals surface area contributed by atoms with Crippen molar-refractivity contribution in [1.29, 1.82) is 0 Å². The minimum absolute atomic E-state index is 0.609. The van der Waals surface area contributed by atoms with Crippen LogP contribution in [0, 0.1) is 0 Å². The zero-order valence-electron chi connectivity index (χ0n) is 12.0. The maximum Gasteiger partial charge on any atom is 0.229 e. The Kier molecular flexibility index (Phi) is 4.12. The first-order chi connectivity index (χ1) is 10.4. The third-order valence-corrected chi connectivity index (χ3v) is 3.31. The second-order valence-corrected chi connectivity index (χ2v) is 4.80. The van der Waals surface area contributed by atoms with E-state index in [0.717, 1.165) is 30.2 Å². The molecule has 0 spiro atoms. The molecule has 0 unspecified atom stereocenters. The monoisotopic (exact) mass is 282 g/mol. The van der Waals surface area contributed by atoms with Gasteiger partial charge in [0.2, 0.25) is 5.95 Å². The third kappa shape index (κ3) is 3.20. The van der Waals surface area contributed by atoms with Crippen LogP contribution in [0.3, 0.4) is 0 Å². The molecule has 0 saturated heterocycles. The fraction of sp³-hybridized carbons (Fsp3) is 0.250. The van der Waals surface area contributed by atoms with E-state index in [0.29, 0.717) is 12.6 Å². The largest absolute Gasteiger partial charge is 0.383 e. The number of hydrogen-bond acceptors (Lipinski definition) is 5. The van der Waals surface area contributed by atoms with Gasteiger partial charge in [-0.2, -0.15) is 4.98 Å². The van der Waals surface area contributed by atoms with Crippen LogP contribution in [0.5, 0.6) is 0 Å². The first kappa shape index (κ1) is 13.6. The van der Waals surface area contributed by atoms with Crippen molar-refractivity contribution in [3.63, 3.8) is 0 Å². The molecule has 0 atom stereocenters. The Hall–Kier alpha value is -2.40. The van der Waals surface area contributed by atoms with Crippen LogP contribution in [0.4, 0.5) is 17.5 Å². The number of aromatic nitrogens is 2. The van der Waals surface area contributed by atoms with E-state index in [1.54, 1.807) is 7.11 Å². The van der Waals surface area contributed by atoms with Gasteiger partial charge in [0.05, 0.1) is 6.61 Å². The van der Waals surface area contributed by atoms with Crippen molar-refractivity contribution < 1.29 is 4.74 Å². The van der Waals surface area contributed by atoms with E-state index in [9.17, 15) is 0 Å². The minimum atomic E-state index is 0.609. The van der Waals surface area contributed by atoms with E-state index < -0.39 is 0 Å². The zero-order valence-corrected chi connectivity index (χ0v) is 12.0. The van der Waals surface area contributed by atoms with Gasteiger partial charge in [-0.3, -0.25) is 0 Å². The van der Waals surface area contributed by atoms with E-state index in [4.69, 9.17) is 4.74 Å². The van der Waals surface area contributed by atoms with Crippen molar-refractivity contribution in [3.8, 4) is 0 Å². The van der Waals surface area contributed by atoms with Crippen molar-refractivity contribution in [1.82, 2.24) is 9.97 Å². The lowest BCUT2D eigenvalue weighted by atomic mass is 10.2. The number of fused-ring (bicyclic) bond motifs is 1. The second kappa shape index (κ2) is 6.37. The number of methoxy groups -OCH3 is 1. The molecule has 1 N–H and O–H groups in total. The van der Waals surface area contributed by atoms with E-state index in [1.165, 1.54) is 0 Å². The number of rotatable bonds is 5. The van der Waals surface area contributed by atoms with Gasteiger partial charge in [0, 0.05) is 37.6 Å². The molecule has 1 aliphatic rings. The van der Waals surface area contributed by atoms with Crippen molar-refractivity contribution in [2.75, 3.05) is 37.0 Å². The minimum Gasteiger partial charge on any atom is -0.383 e. The molecule has 5 nitrogen and oxygen atoms in total. The van der Waals surface area contributed by atoms with Gasteiger partial charge in [0.1, 0.15) is 5.82 Å². The number of nitrogens with zero attached hydrogens (tertiary/aromatic N) is 3. The third-order valence-electron chi connectivity index (χ3n) is 3.31. The van der Waals surface area contributed by atoms with E-state index in [-0.39, 0.29) is 0 Å². The van der Waals surface area contributed by atoms with Crippen molar-refractivity contribution in [3.05, 3.63) is 48.2 Å². The number of para-hydroxylation sites is 1. The smallest absolute Gasteiger partial charge is 0.229 e. The maximum atomic E-state index is 5.16. The predicted molar refractivity (Wildman–Crippen MR) is 84.9 cm³/mol. The summed E-state index contributed by atoms with van der Waals surface area (Å²) >= 11 is 0. The van der Waals surface area contributed by atoms with Crippen LogP contribution in [-0.4, -0.2) is 36.8 Å². The van der Waals surface area contributed by atoms with Crippen molar-refractivity contribution in [2.45, 2.75) is 0 Å². The molecule has 0 amide bonds. The van der Waals surface area contributed by atoms with Gasteiger partial charge in [-0.05, 0) is 12.1 Å². The quantitative estimate of drug-likeness (QED) is 0.913. The predicted octanol–water partition coefficient (Wildman–Crippen LogP) is 2.70. The Balaban J connectivity index is 1.83. The number of nitrogens with one attached hydrogen (secondary N) is 1. The molecule has 0 fully saturated rings. The van der Waals surface area contributed by atoms with Crippen LogP contribution in [0.25, 0.3) is 6.08 Å². The molecular formula is C16H18N4O. The number of hydrogen-bond donors (Lipinski definition) is 1. The van der Waals surface area contributed by atoms with Crippen LogP contribution in [0.15, 0.2) is 42.6 Å². The molecule has 5 heteroatoms. The SMILES string of the molecule is COCCN1CC=Cc2cnc(Nc3ccccc3)nc21. The van der Waals surface area contributed by atoms with E-state index in [1.807, 2.05) is 36.5 Å². The summed E-state index contributed by atoms with van der Waals surface area (Å²) in [6, 6.07) is 9.93. The highest BCUT2D eigenvalue weighted by molar-refractivity contribution is 5.69. The topological polar surface area (TPSA) is 50.3 Å². The summed E-state index contributed by atoms with van der Waals surface area (Å²) in [5.41, 5.74) is 2.02. The summed E-state index contributed by atoms with van der Waals surface area (Å²) in [5, 5.41) is 3.23. The summed E-state index contributed by atoms with van der Waals surface area (Å²) in [4.78, 5) is 11.2. The molecule has 0 aliphatic carbocycles. The average molecular weight is 282 g/mol. The molecule has 1 aromatic carbocycles. The van der Waals surface area contributed by atoms with E-state index in [2.05, 4.69) is 32.3 Å². The molecule has 0 bridgehead atoms. The molecule has 21 heavy (non-hydrogen) atoms. The fourth-order valence-corrected chi connectivity index (χ4v) is 2.26. The standard InChI is InChI=1S/C16H18N4O/c1-21-11-10-20-9-5-6-13-12-17-16(19-15(13)20)18-14-7-3-2-4-8-14/h2-8,12H,9-11H2,1H3,(H,17,18,19). The highest BCUT2D eigenvalue weighted by atomic mass is 16.5. The Bertz CT molecular complexity index is 627. The molecule has 2 aromatic rings. The highest BCUT2D eigenvalue weighted by Crippen LogP contribution is 2.24. The van der Waals surface area contributed by atoms with Gasteiger partial charge in [-0.1, -0.05) is 30.4 Å². The molecule has 2 heterocycles. The molecule has 1 aliphatic heterocycles. The van der Waals surface area contributed by atoms with Gasteiger partial charge in [-0.25, -0.2) is 4.98 Å². The Morgan fingerprint density at radius 1 is 1.29 bits per heavy atom.